The van der Waals surface area contributed by atoms with Crippen LogP contribution in [0.4, 0.5) is 5.69 Å². The molecular weight excluding hydrogens is 342 g/mol. The summed E-state index contributed by atoms with van der Waals surface area (Å²) in [5, 5.41) is 2.79. The van der Waals surface area contributed by atoms with Gasteiger partial charge in [-0.1, -0.05) is 19.9 Å². The van der Waals surface area contributed by atoms with E-state index >= 15 is 0 Å². The van der Waals surface area contributed by atoms with Gasteiger partial charge in [0, 0.05) is 17.7 Å². The summed E-state index contributed by atoms with van der Waals surface area (Å²) in [6, 6.07) is 11.8. The van der Waals surface area contributed by atoms with Crippen LogP contribution >= 0.6 is 0 Å². The Morgan fingerprint density at radius 2 is 1.56 bits per heavy atom. The number of Topliss-reactive ketones (excluding diaryl/α,β-unsaturated/α-hetero) is 1. The molecule has 0 atom stereocenters. The van der Waals surface area contributed by atoms with Crippen molar-refractivity contribution >= 4 is 23.3 Å². The predicted octanol–water partition coefficient (Wildman–Crippen LogP) is 4.33. The molecule has 0 aliphatic heterocycles. The zero-order valence-corrected chi connectivity index (χ0v) is 16.2. The first-order valence-corrected chi connectivity index (χ1v) is 8.93. The fourth-order valence-corrected chi connectivity index (χ4v) is 2.49. The molecule has 2 rings (SSSR count). The summed E-state index contributed by atoms with van der Waals surface area (Å²) in [5.41, 5.74) is 3.55. The number of ether oxygens (including phenoxy) is 1. The van der Waals surface area contributed by atoms with Gasteiger partial charge >= 0.3 is 5.97 Å². The Morgan fingerprint density at radius 1 is 0.926 bits per heavy atom. The van der Waals surface area contributed by atoms with E-state index in [0.29, 0.717) is 23.2 Å². The molecule has 0 unspecified atom stereocenters. The van der Waals surface area contributed by atoms with Crippen LogP contribution in [-0.4, -0.2) is 24.3 Å². The van der Waals surface area contributed by atoms with E-state index in [1.807, 2.05) is 33.8 Å². The standard InChI is InChI=1S/C22H25NO4/c1-14(2)11-21(25)23-19-9-7-17(8-10-19)20(24)13-27-22(26)18-6-5-15(3)16(4)12-18/h5-10,12,14H,11,13H2,1-4H3,(H,23,25). The summed E-state index contributed by atoms with van der Waals surface area (Å²) in [4.78, 5) is 36.1. The molecule has 0 radical (unpaired) electrons. The maximum atomic E-state index is 12.2. The van der Waals surface area contributed by atoms with Crippen molar-refractivity contribution in [2.45, 2.75) is 34.1 Å². The molecule has 1 amide bonds. The minimum Gasteiger partial charge on any atom is -0.454 e. The van der Waals surface area contributed by atoms with Crippen LogP contribution in [0.1, 0.15) is 52.1 Å². The molecule has 0 aliphatic rings. The molecule has 27 heavy (non-hydrogen) atoms. The highest BCUT2D eigenvalue weighted by atomic mass is 16.5. The van der Waals surface area contributed by atoms with Crippen molar-refractivity contribution in [3.8, 4) is 0 Å². The van der Waals surface area contributed by atoms with Crippen molar-refractivity contribution in [2.24, 2.45) is 5.92 Å². The Kier molecular flexibility index (Phi) is 6.88. The molecule has 0 aromatic heterocycles. The van der Waals surface area contributed by atoms with Gasteiger partial charge in [-0.15, -0.1) is 0 Å². The fraction of sp³-hybridized carbons (Fsp3) is 0.318. The number of rotatable bonds is 7. The number of esters is 1. The SMILES string of the molecule is Cc1ccc(C(=O)OCC(=O)c2ccc(NC(=O)CC(C)C)cc2)cc1C. The monoisotopic (exact) mass is 367 g/mol. The first-order valence-electron chi connectivity index (χ1n) is 8.93. The van der Waals surface area contributed by atoms with Crippen LogP contribution in [0.5, 0.6) is 0 Å². The summed E-state index contributed by atoms with van der Waals surface area (Å²) in [6.07, 6.45) is 0.440. The summed E-state index contributed by atoms with van der Waals surface area (Å²) < 4.78 is 5.12. The molecule has 142 valence electrons. The second-order valence-corrected chi connectivity index (χ2v) is 7.02. The number of nitrogens with one attached hydrogen (secondary N) is 1. The van der Waals surface area contributed by atoms with E-state index in [9.17, 15) is 14.4 Å². The smallest absolute Gasteiger partial charge is 0.338 e. The van der Waals surface area contributed by atoms with Gasteiger partial charge in [-0.2, -0.15) is 0 Å². The summed E-state index contributed by atoms with van der Waals surface area (Å²) in [7, 11) is 0. The molecule has 0 bridgehead atoms. The van der Waals surface area contributed by atoms with Crippen molar-refractivity contribution in [3.63, 3.8) is 0 Å². The maximum absolute atomic E-state index is 12.2. The lowest BCUT2D eigenvalue weighted by atomic mass is 10.1. The highest BCUT2D eigenvalue weighted by molar-refractivity contribution is 6.00. The minimum absolute atomic E-state index is 0.0635. The Bertz CT molecular complexity index is 838. The van der Waals surface area contributed by atoms with Crippen LogP contribution < -0.4 is 5.32 Å². The molecular formula is C22H25NO4. The fourth-order valence-electron chi connectivity index (χ4n) is 2.49. The van der Waals surface area contributed by atoms with Crippen molar-refractivity contribution in [1.29, 1.82) is 0 Å². The van der Waals surface area contributed by atoms with Crippen LogP contribution in [0.3, 0.4) is 0 Å². The Morgan fingerprint density at radius 3 is 2.15 bits per heavy atom. The van der Waals surface area contributed by atoms with E-state index in [-0.39, 0.29) is 24.2 Å². The largest absolute Gasteiger partial charge is 0.454 e. The number of carbonyl (C=O) groups is 3. The average molecular weight is 367 g/mol. The molecule has 0 aliphatic carbocycles. The summed E-state index contributed by atoms with van der Waals surface area (Å²) >= 11 is 0. The van der Waals surface area contributed by atoms with Gasteiger partial charge in [0.2, 0.25) is 5.91 Å². The lowest BCUT2D eigenvalue weighted by molar-refractivity contribution is -0.116. The highest BCUT2D eigenvalue weighted by Gasteiger charge is 2.13. The number of carbonyl (C=O) groups excluding carboxylic acids is 3. The van der Waals surface area contributed by atoms with Gasteiger partial charge in [0.1, 0.15) is 0 Å². The van der Waals surface area contributed by atoms with Crippen LogP contribution in [0.2, 0.25) is 0 Å². The van der Waals surface area contributed by atoms with E-state index in [1.54, 1.807) is 36.4 Å². The van der Waals surface area contributed by atoms with Crippen molar-refractivity contribution in [1.82, 2.24) is 0 Å². The Balaban J connectivity index is 1.91. The van der Waals surface area contributed by atoms with Gasteiger partial charge in [0.15, 0.2) is 12.4 Å². The maximum Gasteiger partial charge on any atom is 0.338 e. The molecule has 0 saturated carbocycles. The number of aryl methyl sites for hydroxylation is 2. The molecule has 5 nitrogen and oxygen atoms in total. The molecule has 0 spiro atoms. The molecule has 2 aromatic carbocycles. The quantitative estimate of drug-likeness (QED) is 0.584. The molecule has 1 N–H and O–H groups in total. The third kappa shape index (κ3) is 6.06. The number of hydrogen-bond acceptors (Lipinski definition) is 4. The Labute approximate surface area is 159 Å². The summed E-state index contributed by atoms with van der Waals surface area (Å²) in [6.45, 7) is 7.49. The molecule has 0 heterocycles. The number of ketones is 1. The molecule has 5 heteroatoms. The second-order valence-electron chi connectivity index (χ2n) is 7.02. The van der Waals surface area contributed by atoms with Gasteiger partial charge < -0.3 is 10.1 Å². The third-order valence-electron chi connectivity index (χ3n) is 4.16. The van der Waals surface area contributed by atoms with Gasteiger partial charge in [-0.05, 0) is 67.3 Å². The van der Waals surface area contributed by atoms with E-state index in [1.165, 1.54) is 0 Å². The van der Waals surface area contributed by atoms with Crippen molar-refractivity contribution in [2.75, 3.05) is 11.9 Å². The van der Waals surface area contributed by atoms with Crippen LogP contribution in [0, 0.1) is 19.8 Å². The van der Waals surface area contributed by atoms with E-state index in [2.05, 4.69) is 5.32 Å². The number of amides is 1. The third-order valence-corrected chi connectivity index (χ3v) is 4.16. The van der Waals surface area contributed by atoms with E-state index in [0.717, 1.165) is 11.1 Å². The first kappa shape index (κ1) is 20.4. The van der Waals surface area contributed by atoms with Crippen molar-refractivity contribution in [3.05, 3.63) is 64.7 Å². The molecule has 0 fully saturated rings. The van der Waals surface area contributed by atoms with Gasteiger partial charge in [0.25, 0.3) is 0 Å². The molecule has 0 saturated heterocycles. The van der Waals surface area contributed by atoms with Crippen LogP contribution in [-0.2, 0) is 9.53 Å². The van der Waals surface area contributed by atoms with Gasteiger partial charge in [-0.3, -0.25) is 9.59 Å². The van der Waals surface area contributed by atoms with Crippen LogP contribution in [0.15, 0.2) is 42.5 Å². The van der Waals surface area contributed by atoms with E-state index < -0.39 is 5.97 Å². The highest BCUT2D eigenvalue weighted by Crippen LogP contribution is 2.13. The Hall–Kier alpha value is -2.95. The predicted molar refractivity (Wildman–Crippen MR) is 105 cm³/mol. The van der Waals surface area contributed by atoms with E-state index in [4.69, 9.17) is 4.74 Å². The topological polar surface area (TPSA) is 72.5 Å². The lowest BCUT2D eigenvalue weighted by Gasteiger charge is -2.08. The zero-order valence-electron chi connectivity index (χ0n) is 16.2. The average Bonchev–Trinajstić information content (AvgIpc) is 2.61. The second kappa shape index (κ2) is 9.12. The lowest BCUT2D eigenvalue weighted by Crippen LogP contribution is -2.15. The number of hydrogen-bond donors (Lipinski definition) is 1. The van der Waals surface area contributed by atoms with Gasteiger partial charge in [0.05, 0.1) is 5.56 Å². The van der Waals surface area contributed by atoms with Crippen molar-refractivity contribution < 1.29 is 19.1 Å². The minimum atomic E-state index is -0.524. The normalized spacial score (nSPS) is 10.6. The number of anilines is 1. The first-order chi connectivity index (χ1) is 12.8. The van der Waals surface area contributed by atoms with Gasteiger partial charge in [-0.25, -0.2) is 4.79 Å². The molecule has 2 aromatic rings. The van der Waals surface area contributed by atoms with Crippen LogP contribution in [0.25, 0.3) is 0 Å². The summed E-state index contributed by atoms with van der Waals surface area (Å²) in [5.74, 6) is -0.611. The number of benzene rings is 2. The zero-order chi connectivity index (χ0) is 20.0.